The molecule has 2 aromatic rings. The van der Waals surface area contributed by atoms with Gasteiger partial charge in [-0.1, -0.05) is 6.07 Å². The van der Waals surface area contributed by atoms with Gasteiger partial charge in [0.1, 0.15) is 5.82 Å². The van der Waals surface area contributed by atoms with Gasteiger partial charge in [0.05, 0.1) is 18.2 Å². The molecule has 2 aliphatic rings. The molecule has 1 aliphatic heterocycles. The molecule has 2 amide bonds. The molecule has 2 fully saturated rings. The van der Waals surface area contributed by atoms with Gasteiger partial charge in [0, 0.05) is 30.0 Å². The Labute approximate surface area is 151 Å². The Bertz CT molecular complexity index is 907. The van der Waals surface area contributed by atoms with Gasteiger partial charge in [0.25, 0.3) is 0 Å². The van der Waals surface area contributed by atoms with Crippen molar-refractivity contribution in [3.8, 4) is 17.2 Å². The highest BCUT2D eigenvalue weighted by atomic mass is 19.1. The number of fused-ring (bicyclic) bond motifs is 2. The molecular weight excluding hydrogens is 331 g/mol. The average molecular weight is 350 g/mol. The zero-order valence-electron chi connectivity index (χ0n) is 14.4. The zero-order valence-corrected chi connectivity index (χ0v) is 14.4. The van der Waals surface area contributed by atoms with Crippen molar-refractivity contribution in [2.45, 2.75) is 25.8 Å². The van der Waals surface area contributed by atoms with Crippen LogP contribution in [0.25, 0.3) is 11.1 Å². The summed E-state index contributed by atoms with van der Waals surface area (Å²) in [5.74, 6) is -0.0188. The van der Waals surface area contributed by atoms with Crippen molar-refractivity contribution in [2.24, 2.45) is 11.8 Å². The van der Waals surface area contributed by atoms with Crippen LogP contribution in [0, 0.1) is 35.9 Å². The molecule has 2 bridgehead atoms. The van der Waals surface area contributed by atoms with E-state index >= 15 is 0 Å². The number of amides is 2. The summed E-state index contributed by atoms with van der Waals surface area (Å²) in [5.41, 5.74) is 3.16. The summed E-state index contributed by atoms with van der Waals surface area (Å²) in [4.78, 5) is 18.4. The van der Waals surface area contributed by atoms with Gasteiger partial charge in [-0.05, 0) is 55.0 Å². The zero-order chi connectivity index (χ0) is 18.3. The van der Waals surface area contributed by atoms with E-state index in [-0.39, 0.29) is 18.0 Å². The summed E-state index contributed by atoms with van der Waals surface area (Å²) in [5, 5.41) is 12.1. The lowest BCUT2D eigenvalue weighted by Gasteiger charge is -2.29. The van der Waals surface area contributed by atoms with Gasteiger partial charge >= 0.3 is 6.03 Å². The van der Waals surface area contributed by atoms with Crippen molar-refractivity contribution < 1.29 is 9.18 Å². The van der Waals surface area contributed by atoms with Crippen molar-refractivity contribution in [1.29, 1.82) is 5.26 Å². The molecular formula is C20H19FN4O. The van der Waals surface area contributed by atoms with Gasteiger partial charge < -0.3 is 10.2 Å². The van der Waals surface area contributed by atoms with Crippen molar-refractivity contribution in [1.82, 2.24) is 9.88 Å². The predicted octanol–water partition coefficient (Wildman–Crippen LogP) is 3.96. The number of aryl methyl sites for hydroxylation is 1. The van der Waals surface area contributed by atoms with Gasteiger partial charge in [0.2, 0.25) is 0 Å². The summed E-state index contributed by atoms with van der Waals surface area (Å²) >= 11 is 0. The predicted molar refractivity (Wildman–Crippen MR) is 95.7 cm³/mol. The van der Waals surface area contributed by atoms with E-state index in [9.17, 15) is 9.18 Å². The van der Waals surface area contributed by atoms with Crippen molar-refractivity contribution in [2.75, 3.05) is 11.9 Å². The van der Waals surface area contributed by atoms with E-state index in [1.54, 1.807) is 6.20 Å². The van der Waals surface area contributed by atoms with E-state index in [0.717, 1.165) is 24.0 Å². The highest BCUT2D eigenvalue weighted by Crippen LogP contribution is 2.42. The largest absolute Gasteiger partial charge is 0.322 e. The normalized spacial score (nSPS) is 23.7. The number of pyridine rings is 1. The topological polar surface area (TPSA) is 69.0 Å². The molecule has 2 unspecified atom stereocenters. The van der Waals surface area contributed by atoms with Crippen LogP contribution in [0.15, 0.2) is 36.7 Å². The fourth-order valence-electron chi connectivity index (χ4n) is 4.13. The molecule has 4 rings (SSSR count). The van der Waals surface area contributed by atoms with Crippen LogP contribution in [0.2, 0.25) is 0 Å². The van der Waals surface area contributed by atoms with Crippen molar-refractivity contribution in [3.63, 3.8) is 0 Å². The number of anilines is 1. The SMILES string of the molecule is Cc1ccc(NC(=O)N2CC3C[C@H]2CC3C#N)cc1-c1cncc(F)c1. The molecule has 26 heavy (non-hydrogen) atoms. The van der Waals surface area contributed by atoms with E-state index in [0.29, 0.717) is 23.7 Å². The van der Waals surface area contributed by atoms with Gasteiger partial charge in [-0.2, -0.15) is 5.26 Å². The number of carbonyl (C=O) groups excluding carboxylic acids is 1. The number of halogens is 1. The summed E-state index contributed by atoms with van der Waals surface area (Å²) < 4.78 is 13.5. The highest BCUT2D eigenvalue weighted by molar-refractivity contribution is 5.91. The third kappa shape index (κ3) is 2.90. The molecule has 0 radical (unpaired) electrons. The van der Waals surface area contributed by atoms with E-state index in [1.807, 2.05) is 30.0 Å². The second-order valence-corrected chi connectivity index (χ2v) is 7.12. The maximum atomic E-state index is 13.5. The number of rotatable bonds is 2. The molecule has 1 saturated carbocycles. The number of piperidine rings is 1. The molecule has 1 aromatic carbocycles. The number of nitrogens with zero attached hydrogens (tertiary/aromatic N) is 3. The molecule has 1 aliphatic carbocycles. The third-order valence-corrected chi connectivity index (χ3v) is 5.47. The summed E-state index contributed by atoms with van der Waals surface area (Å²) in [6.45, 7) is 2.58. The van der Waals surface area contributed by atoms with Gasteiger partial charge in [-0.15, -0.1) is 0 Å². The van der Waals surface area contributed by atoms with Crippen LogP contribution in [0.3, 0.4) is 0 Å². The van der Waals surface area contributed by atoms with Crippen molar-refractivity contribution >= 4 is 11.7 Å². The van der Waals surface area contributed by atoms with E-state index < -0.39 is 5.82 Å². The van der Waals surface area contributed by atoms with Crippen LogP contribution in [-0.2, 0) is 0 Å². The van der Waals surface area contributed by atoms with E-state index in [2.05, 4.69) is 16.4 Å². The van der Waals surface area contributed by atoms with Crippen LogP contribution in [-0.4, -0.2) is 28.5 Å². The number of likely N-dealkylation sites (tertiary alicyclic amines) is 1. The Morgan fingerprint density at radius 2 is 2.19 bits per heavy atom. The maximum Gasteiger partial charge on any atom is 0.322 e. The van der Waals surface area contributed by atoms with Crippen LogP contribution in [0.1, 0.15) is 18.4 Å². The van der Waals surface area contributed by atoms with Crippen LogP contribution in [0.4, 0.5) is 14.9 Å². The quantitative estimate of drug-likeness (QED) is 0.891. The molecule has 3 atom stereocenters. The Kier molecular flexibility index (Phi) is 4.08. The number of benzene rings is 1. The average Bonchev–Trinajstić information content (AvgIpc) is 3.23. The summed E-state index contributed by atoms with van der Waals surface area (Å²) in [6, 6.07) is 9.38. The first kappa shape index (κ1) is 16.5. The molecule has 2 heterocycles. The Morgan fingerprint density at radius 3 is 2.88 bits per heavy atom. The molecule has 1 saturated heterocycles. The lowest BCUT2D eigenvalue weighted by Crippen LogP contribution is -2.42. The van der Waals surface area contributed by atoms with Crippen molar-refractivity contribution in [3.05, 3.63) is 48.0 Å². The molecule has 1 aromatic heterocycles. The molecule has 132 valence electrons. The Hall–Kier alpha value is -2.94. The molecule has 0 spiro atoms. The first-order valence-electron chi connectivity index (χ1n) is 8.74. The standard InChI is InChI=1S/C20H19FN4O/c1-12-2-3-17(7-19(12)14-4-16(21)10-23-9-14)24-20(26)25-11-15-6-18(25)5-13(15)8-22/h2-4,7,9-10,13,15,18H,5-6,11H2,1H3,(H,24,26)/t13?,15?,18-/m1/s1. The van der Waals surface area contributed by atoms with E-state index in [1.165, 1.54) is 12.3 Å². The fourth-order valence-corrected chi connectivity index (χ4v) is 4.13. The van der Waals surface area contributed by atoms with Gasteiger partial charge in [0.15, 0.2) is 0 Å². The monoisotopic (exact) mass is 350 g/mol. The van der Waals surface area contributed by atoms with Gasteiger partial charge in [-0.3, -0.25) is 4.98 Å². The van der Waals surface area contributed by atoms with E-state index in [4.69, 9.17) is 5.26 Å². The lowest BCUT2D eigenvalue weighted by molar-refractivity contribution is 0.187. The second-order valence-electron chi connectivity index (χ2n) is 7.12. The minimum absolute atomic E-state index is 0.0792. The molecule has 6 heteroatoms. The van der Waals surface area contributed by atoms with Crippen LogP contribution < -0.4 is 5.32 Å². The van der Waals surface area contributed by atoms with Crippen LogP contribution >= 0.6 is 0 Å². The smallest absolute Gasteiger partial charge is 0.321 e. The third-order valence-electron chi connectivity index (χ3n) is 5.47. The number of urea groups is 1. The number of nitrogens with one attached hydrogen (secondary N) is 1. The second kappa shape index (κ2) is 6.41. The van der Waals surface area contributed by atoms with Gasteiger partial charge in [-0.25, -0.2) is 9.18 Å². The Balaban J connectivity index is 1.52. The summed E-state index contributed by atoms with van der Waals surface area (Å²) in [6.07, 6.45) is 4.46. The number of carbonyl (C=O) groups is 1. The number of aromatic nitrogens is 1. The first-order chi connectivity index (χ1) is 12.5. The Morgan fingerprint density at radius 1 is 1.35 bits per heavy atom. The molecule has 5 nitrogen and oxygen atoms in total. The number of hydrogen-bond donors (Lipinski definition) is 1. The van der Waals surface area contributed by atoms with Crippen LogP contribution in [0.5, 0.6) is 0 Å². The lowest BCUT2D eigenvalue weighted by atomic mass is 9.96. The summed E-state index contributed by atoms with van der Waals surface area (Å²) in [7, 11) is 0. The maximum absolute atomic E-state index is 13.5. The highest BCUT2D eigenvalue weighted by Gasteiger charge is 2.46. The first-order valence-corrected chi connectivity index (χ1v) is 8.74. The molecule has 1 N–H and O–H groups in total. The number of hydrogen-bond acceptors (Lipinski definition) is 3. The number of nitriles is 1. The fraction of sp³-hybridized carbons (Fsp3) is 0.350. The minimum Gasteiger partial charge on any atom is -0.321 e. The minimum atomic E-state index is -0.392.